The number of hydrogen-bond donors (Lipinski definition) is 1. The Kier molecular flexibility index (Phi) is 5.85. The summed E-state index contributed by atoms with van der Waals surface area (Å²) in [6, 6.07) is 6.76. The number of carbonyl (C=O) groups is 3. The van der Waals surface area contributed by atoms with Crippen LogP contribution in [-0.2, 0) is 9.59 Å². The van der Waals surface area contributed by atoms with Gasteiger partial charge in [0.1, 0.15) is 0 Å². The fourth-order valence-corrected chi connectivity index (χ4v) is 2.66. The lowest BCUT2D eigenvalue weighted by Gasteiger charge is -2.35. The van der Waals surface area contributed by atoms with Crippen molar-refractivity contribution < 1.29 is 14.4 Å². The molecule has 0 spiro atoms. The highest BCUT2D eigenvalue weighted by atomic mass is 35.5. The lowest BCUT2D eigenvalue weighted by atomic mass is 10.1. The molecule has 1 saturated heterocycles. The molecule has 6 nitrogen and oxygen atoms in total. The minimum atomic E-state index is -1.08. The fourth-order valence-electron chi connectivity index (χ4n) is 2.38. The van der Waals surface area contributed by atoms with Crippen molar-refractivity contribution in [2.24, 2.45) is 0 Å². The zero-order valence-electron chi connectivity index (χ0n) is 12.6. The van der Waals surface area contributed by atoms with Gasteiger partial charge in [0.2, 0.25) is 5.91 Å². The van der Waals surface area contributed by atoms with E-state index < -0.39 is 4.84 Å². The van der Waals surface area contributed by atoms with E-state index in [1.165, 1.54) is 6.92 Å². The summed E-state index contributed by atoms with van der Waals surface area (Å²) in [5, 5.41) is 2.65. The third-order valence-electron chi connectivity index (χ3n) is 3.50. The summed E-state index contributed by atoms with van der Waals surface area (Å²) in [6.07, 6.45) is 0. The van der Waals surface area contributed by atoms with Crippen LogP contribution in [0.1, 0.15) is 17.3 Å². The summed E-state index contributed by atoms with van der Waals surface area (Å²) in [6.45, 7) is 3.02. The Hall–Kier alpha value is -1.79. The fraction of sp³-hybridized carbons (Fsp3) is 0.400. The van der Waals surface area contributed by atoms with Crippen molar-refractivity contribution in [1.29, 1.82) is 0 Å². The lowest BCUT2D eigenvalue weighted by Crippen LogP contribution is -2.51. The van der Waals surface area contributed by atoms with Crippen molar-refractivity contribution >= 4 is 46.6 Å². The maximum absolute atomic E-state index is 12.5. The van der Waals surface area contributed by atoms with Gasteiger partial charge in [-0.3, -0.25) is 14.4 Å². The van der Waals surface area contributed by atoms with Gasteiger partial charge in [-0.05, 0) is 18.2 Å². The second-order valence-electron chi connectivity index (χ2n) is 5.18. The molecule has 0 unspecified atom stereocenters. The first-order chi connectivity index (χ1) is 10.9. The number of benzene rings is 1. The van der Waals surface area contributed by atoms with E-state index >= 15 is 0 Å². The van der Waals surface area contributed by atoms with Crippen LogP contribution in [0.2, 0.25) is 0 Å². The summed E-state index contributed by atoms with van der Waals surface area (Å²) in [7, 11) is 0. The van der Waals surface area contributed by atoms with Crippen molar-refractivity contribution in [1.82, 2.24) is 9.80 Å². The SMILES string of the molecule is CC(=O)Nc1cccc(C(=O)N2CCN(C(=O)C(Cl)Cl)CC2)c1. The Morgan fingerprint density at radius 2 is 1.70 bits per heavy atom. The molecule has 0 aliphatic carbocycles. The highest BCUT2D eigenvalue weighted by molar-refractivity contribution is 6.53. The molecular weight excluding hydrogens is 341 g/mol. The molecule has 1 N–H and O–H groups in total. The summed E-state index contributed by atoms with van der Waals surface area (Å²) >= 11 is 11.1. The van der Waals surface area contributed by atoms with E-state index in [-0.39, 0.29) is 17.7 Å². The third kappa shape index (κ3) is 4.59. The van der Waals surface area contributed by atoms with Gasteiger partial charge >= 0.3 is 0 Å². The predicted octanol–water partition coefficient (Wildman–Crippen LogP) is 1.73. The quantitative estimate of drug-likeness (QED) is 0.837. The van der Waals surface area contributed by atoms with Gasteiger partial charge in [0.25, 0.3) is 11.8 Å². The molecule has 0 saturated carbocycles. The standard InChI is InChI=1S/C15H17Cl2N3O3/c1-10(21)18-12-4-2-3-11(9-12)14(22)19-5-7-20(8-6-19)15(23)13(16)17/h2-4,9,13H,5-8H2,1H3,(H,18,21). The molecule has 8 heteroatoms. The number of nitrogens with zero attached hydrogens (tertiary/aromatic N) is 2. The molecule has 2 rings (SSSR count). The Labute approximate surface area is 144 Å². The minimum absolute atomic E-state index is 0.141. The molecule has 1 aliphatic rings. The van der Waals surface area contributed by atoms with E-state index in [0.717, 1.165) is 0 Å². The van der Waals surface area contributed by atoms with Crippen LogP contribution in [0.4, 0.5) is 5.69 Å². The number of anilines is 1. The Bertz CT molecular complexity index is 614. The van der Waals surface area contributed by atoms with Crippen LogP contribution in [0.3, 0.4) is 0 Å². The predicted molar refractivity (Wildman–Crippen MR) is 88.7 cm³/mol. The van der Waals surface area contributed by atoms with Gasteiger partial charge in [0.05, 0.1) is 0 Å². The number of halogens is 2. The Morgan fingerprint density at radius 1 is 1.09 bits per heavy atom. The summed E-state index contributed by atoms with van der Waals surface area (Å²) in [5.41, 5.74) is 1.06. The zero-order chi connectivity index (χ0) is 17.0. The molecule has 1 aromatic rings. The van der Waals surface area contributed by atoms with Crippen molar-refractivity contribution in [2.45, 2.75) is 11.8 Å². The number of rotatable bonds is 3. The topological polar surface area (TPSA) is 69.7 Å². The van der Waals surface area contributed by atoms with Gasteiger partial charge in [-0.2, -0.15) is 0 Å². The number of alkyl halides is 2. The first kappa shape index (κ1) is 17.6. The van der Waals surface area contributed by atoms with Crippen LogP contribution in [0.15, 0.2) is 24.3 Å². The van der Waals surface area contributed by atoms with Crippen LogP contribution >= 0.6 is 23.2 Å². The van der Waals surface area contributed by atoms with Crippen molar-refractivity contribution in [2.75, 3.05) is 31.5 Å². The molecule has 0 radical (unpaired) electrons. The van der Waals surface area contributed by atoms with Crippen LogP contribution in [0, 0.1) is 0 Å². The average Bonchev–Trinajstić information content (AvgIpc) is 2.53. The molecule has 1 aliphatic heterocycles. The molecule has 1 fully saturated rings. The van der Waals surface area contributed by atoms with Crippen molar-refractivity contribution in [3.63, 3.8) is 0 Å². The summed E-state index contributed by atoms with van der Waals surface area (Å²) < 4.78 is 0. The number of hydrogen-bond acceptors (Lipinski definition) is 3. The number of nitrogens with one attached hydrogen (secondary N) is 1. The number of amides is 3. The smallest absolute Gasteiger partial charge is 0.255 e. The first-order valence-corrected chi connectivity index (χ1v) is 7.99. The molecule has 1 heterocycles. The number of piperazine rings is 1. The minimum Gasteiger partial charge on any atom is -0.337 e. The molecule has 3 amide bonds. The maximum Gasteiger partial charge on any atom is 0.255 e. The Balaban J connectivity index is 2.00. The van der Waals surface area contributed by atoms with E-state index in [2.05, 4.69) is 5.32 Å². The first-order valence-electron chi connectivity index (χ1n) is 7.12. The van der Waals surface area contributed by atoms with Gasteiger partial charge in [-0.15, -0.1) is 0 Å². The summed E-state index contributed by atoms with van der Waals surface area (Å²) in [4.78, 5) is 37.4. The monoisotopic (exact) mass is 357 g/mol. The Morgan fingerprint density at radius 3 is 2.26 bits per heavy atom. The molecule has 0 aromatic heterocycles. The normalized spacial score (nSPS) is 14.8. The lowest BCUT2D eigenvalue weighted by molar-refractivity contribution is -0.130. The van der Waals surface area contributed by atoms with E-state index in [4.69, 9.17) is 23.2 Å². The molecule has 124 valence electrons. The molecule has 1 aromatic carbocycles. The molecule has 0 atom stereocenters. The molecular formula is C15H17Cl2N3O3. The number of carbonyl (C=O) groups excluding carboxylic acids is 3. The van der Waals surface area contributed by atoms with Crippen LogP contribution in [0.5, 0.6) is 0 Å². The van der Waals surface area contributed by atoms with E-state index in [9.17, 15) is 14.4 Å². The second-order valence-corrected chi connectivity index (χ2v) is 6.28. The van der Waals surface area contributed by atoms with Crippen LogP contribution < -0.4 is 5.32 Å². The third-order valence-corrected chi connectivity index (χ3v) is 3.87. The highest BCUT2D eigenvalue weighted by Crippen LogP contribution is 2.15. The second kappa shape index (κ2) is 7.66. The van der Waals surface area contributed by atoms with Gasteiger partial charge in [-0.1, -0.05) is 29.3 Å². The van der Waals surface area contributed by atoms with E-state index in [1.54, 1.807) is 34.1 Å². The van der Waals surface area contributed by atoms with Crippen LogP contribution in [0.25, 0.3) is 0 Å². The van der Waals surface area contributed by atoms with Crippen molar-refractivity contribution in [3.8, 4) is 0 Å². The summed E-state index contributed by atoms with van der Waals surface area (Å²) in [5.74, 6) is -0.677. The average molecular weight is 358 g/mol. The van der Waals surface area contributed by atoms with E-state index in [0.29, 0.717) is 37.4 Å². The molecule has 23 heavy (non-hydrogen) atoms. The van der Waals surface area contributed by atoms with E-state index in [1.807, 2.05) is 0 Å². The van der Waals surface area contributed by atoms with Gasteiger partial charge < -0.3 is 15.1 Å². The van der Waals surface area contributed by atoms with Crippen LogP contribution in [-0.4, -0.2) is 58.5 Å². The molecule has 0 bridgehead atoms. The van der Waals surface area contributed by atoms with Gasteiger partial charge in [0.15, 0.2) is 4.84 Å². The highest BCUT2D eigenvalue weighted by Gasteiger charge is 2.27. The largest absolute Gasteiger partial charge is 0.337 e. The van der Waals surface area contributed by atoms with Gasteiger partial charge in [0, 0.05) is 44.4 Å². The maximum atomic E-state index is 12.5. The van der Waals surface area contributed by atoms with Crippen molar-refractivity contribution in [3.05, 3.63) is 29.8 Å². The zero-order valence-corrected chi connectivity index (χ0v) is 14.1. The van der Waals surface area contributed by atoms with Gasteiger partial charge in [-0.25, -0.2) is 0 Å².